The number of H-pyrrole nitrogens is 1. The molecule has 29 heavy (non-hydrogen) atoms. The van der Waals surface area contributed by atoms with Crippen LogP contribution in [0.4, 0.5) is 0 Å². The van der Waals surface area contributed by atoms with E-state index in [1.54, 1.807) is 23.7 Å². The van der Waals surface area contributed by atoms with E-state index in [1.165, 1.54) is 11.3 Å². The number of fused-ring (bicyclic) bond motifs is 1. The molecule has 2 N–H and O–H groups in total. The molecule has 9 heteroatoms. The first-order valence-corrected chi connectivity index (χ1v) is 11.0. The second kappa shape index (κ2) is 8.73. The summed E-state index contributed by atoms with van der Waals surface area (Å²) in [5.41, 5.74) is 0.548. The lowest BCUT2D eigenvalue weighted by Gasteiger charge is -2.19. The summed E-state index contributed by atoms with van der Waals surface area (Å²) in [5, 5.41) is 7.32. The number of rotatable bonds is 8. The maximum atomic E-state index is 12.7. The average Bonchev–Trinajstić information content (AvgIpc) is 3.46. The fourth-order valence-corrected chi connectivity index (χ4v) is 4.62. The van der Waals surface area contributed by atoms with Gasteiger partial charge < -0.3 is 14.7 Å². The summed E-state index contributed by atoms with van der Waals surface area (Å²) in [6.07, 6.45) is 1.58. The second-order valence-electron chi connectivity index (χ2n) is 6.48. The van der Waals surface area contributed by atoms with E-state index in [0.29, 0.717) is 41.4 Å². The molecule has 1 amide bonds. The Morgan fingerprint density at radius 2 is 2.21 bits per heavy atom. The molecule has 0 fully saturated rings. The van der Waals surface area contributed by atoms with Crippen molar-refractivity contribution in [2.45, 2.75) is 20.0 Å². The summed E-state index contributed by atoms with van der Waals surface area (Å²) in [6.45, 7) is 3.80. The number of nitrogens with zero attached hydrogens (tertiary/aromatic N) is 2. The van der Waals surface area contributed by atoms with Gasteiger partial charge in [0.1, 0.15) is 16.4 Å². The molecular formula is C20H20N4O3S2. The van der Waals surface area contributed by atoms with E-state index < -0.39 is 0 Å². The zero-order valence-corrected chi connectivity index (χ0v) is 17.4. The number of aromatic amines is 1. The monoisotopic (exact) mass is 428 g/mol. The number of furan rings is 1. The van der Waals surface area contributed by atoms with Crippen LogP contribution < -0.4 is 10.9 Å². The lowest BCUT2D eigenvalue weighted by atomic mass is 10.2. The van der Waals surface area contributed by atoms with Crippen LogP contribution in [-0.2, 0) is 17.9 Å². The number of thiophene rings is 2. The van der Waals surface area contributed by atoms with Crippen LogP contribution in [0.25, 0.3) is 21.5 Å². The molecule has 0 saturated carbocycles. The molecule has 0 spiro atoms. The van der Waals surface area contributed by atoms with Gasteiger partial charge in [-0.25, -0.2) is 4.98 Å². The molecule has 0 saturated heterocycles. The normalized spacial score (nSPS) is 11.4. The second-order valence-corrected chi connectivity index (χ2v) is 8.37. The maximum Gasteiger partial charge on any atom is 0.260 e. The van der Waals surface area contributed by atoms with Crippen LogP contribution in [0, 0.1) is 0 Å². The van der Waals surface area contributed by atoms with Crippen LogP contribution >= 0.6 is 22.7 Å². The van der Waals surface area contributed by atoms with E-state index in [1.807, 2.05) is 40.8 Å². The third kappa shape index (κ3) is 4.47. The van der Waals surface area contributed by atoms with Crippen LogP contribution in [0.1, 0.15) is 17.6 Å². The molecule has 0 unspecified atom stereocenters. The van der Waals surface area contributed by atoms with Crippen molar-refractivity contribution in [1.29, 1.82) is 0 Å². The number of nitrogens with one attached hydrogen (secondary N) is 2. The predicted octanol–water partition coefficient (Wildman–Crippen LogP) is 3.44. The topological polar surface area (TPSA) is 91.2 Å². The highest BCUT2D eigenvalue weighted by Gasteiger charge is 2.16. The Hall–Kier alpha value is -2.75. The molecule has 4 rings (SSSR count). The van der Waals surface area contributed by atoms with Gasteiger partial charge in [-0.1, -0.05) is 13.0 Å². The van der Waals surface area contributed by atoms with Crippen LogP contribution in [-0.4, -0.2) is 33.9 Å². The highest BCUT2D eigenvalue weighted by Crippen LogP contribution is 2.30. The molecule has 0 bridgehead atoms. The van der Waals surface area contributed by atoms with Gasteiger partial charge in [-0.3, -0.25) is 14.5 Å². The maximum absolute atomic E-state index is 12.7. The van der Waals surface area contributed by atoms with Crippen molar-refractivity contribution in [3.05, 3.63) is 62.3 Å². The van der Waals surface area contributed by atoms with Gasteiger partial charge in [0.2, 0.25) is 5.91 Å². The number of hydrogen-bond acceptors (Lipinski definition) is 7. The Morgan fingerprint density at radius 1 is 1.31 bits per heavy atom. The van der Waals surface area contributed by atoms with Gasteiger partial charge in [-0.05, 0) is 30.1 Å². The third-order valence-electron chi connectivity index (χ3n) is 4.51. The van der Waals surface area contributed by atoms with Gasteiger partial charge in [0.05, 0.1) is 31.3 Å². The van der Waals surface area contributed by atoms with E-state index in [4.69, 9.17) is 4.42 Å². The van der Waals surface area contributed by atoms with Gasteiger partial charge in [-0.15, -0.1) is 22.7 Å². The molecule has 4 aromatic rings. The van der Waals surface area contributed by atoms with Gasteiger partial charge >= 0.3 is 0 Å². The average molecular weight is 429 g/mol. The smallest absolute Gasteiger partial charge is 0.260 e. The van der Waals surface area contributed by atoms with Crippen LogP contribution in [0.5, 0.6) is 0 Å². The molecule has 0 atom stereocenters. The third-order valence-corrected chi connectivity index (χ3v) is 6.26. The SMILES string of the molecule is CCN(CC(=O)NCc1cccs1)Cc1nc2scc(-c3ccco3)c2c(=O)[nH]1. The van der Waals surface area contributed by atoms with E-state index in [-0.39, 0.29) is 18.0 Å². The van der Waals surface area contributed by atoms with Crippen molar-refractivity contribution >= 4 is 38.8 Å². The summed E-state index contributed by atoms with van der Waals surface area (Å²) < 4.78 is 5.42. The van der Waals surface area contributed by atoms with E-state index in [2.05, 4.69) is 15.3 Å². The first-order valence-electron chi connectivity index (χ1n) is 9.19. The largest absolute Gasteiger partial charge is 0.464 e. The highest BCUT2D eigenvalue weighted by molar-refractivity contribution is 7.17. The molecule has 7 nitrogen and oxygen atoms in total. The van der Waals surface area contributed by atoms with Crippen LogP contribution in [0.2, 0.25) is 0 Å². The Kier molecular flexibility index (Phi) is 5.89. The fraction of sp³-hybridized carbons (Fsp3) is 0.250. The predicted molar refractivity (Wildman–Crippen MR) is 115 cm³/mol. The molecule has 0 aromatic carbocycles. The van der Waals surface area contributed by atoms with Crippen molar-refractivity contribution in [2.24, 2.45) is 0 Å². The quantitative estimate of drug-likeness (QED) is 0.449. The molecule has 0 radical (unpaired) electrons. The van der Waals surface area contributed by atoms with E-state index in [9.17, 15) is 9.59 Å². The molecule has 4 heterocycles. The number of hydrogen-bond donors (Lipinski definition) is 2. The molecule has 4 aromatic heterocycles. The Morgan fingerprint density at radius 3 is 2.93 bits per heavy atom. The van der Waals surface area contributed by atoms with Crippen LogP contribution in [0.3, 0.4) is 0 Å². The summed E-state index contributed by atoms with van der Waals surface area (Å²) in [7, 11) is 0. The van der Waals surface area contributed by atoms with Crippen molar-refractivity contribution < 1.29 is 9.21 Å². The zero-order valence-electron chi connectivity index (χ0n) is 15.8. The van der Waals surface area contributed by atoms with E-state index in [0.717, 1.165) is 10.4 Å². The summed E-state index contributed by atoms with van der Waals surface area (Å²) >= 11 is 3.02. The summed E-state index contributed by atoms with van der Waals surface area (Å²) in [6, 6.07) is 7.56. The minimum absolute atomic E-state index is 0.0556. The summed E-state index contributed by atoms with van der Waals surface area (Å²) in [5.74, 6) is 1.14. The van der Waals surface area contributed by atoms with Crippen molar-refractivity contribution in [2.75, 3.05) is 13.1 Å². The number of carbonyl (C=O) groups excluding carboxylic acids is 1. The fourth-order valence-electron chi connectivity index (χ4n) is 3.03. The summed E-state index contributed by atoms with van der Waals surface area (Å²) in [4.78, 5) is 36.1. The van der Waals surface area contributed by atoms with Gasteiger partial charge in [-0.2, -0.15) is 0 Å². The first-order chi connectivity index (χ1) is 14.1. The Labute approximate surface area is 175 Å². The minimum atomic E-state index is -0.198. The zero-order chi connectivity index (χ0) is 20.2. The van der Waals surface area contributed by atoms with Crippen LogP contribution in [0.15, 0.2) is 50.5 Å². The Balaban J connectivity index is 1.46. The molecular weight excluding hydrogens is 408 g/mol. The number of amides is 1. The first kappa shape index (κ1) is 19.6. The molecule has 150 valence electrons. The molecule has 0 aliphatic heterocycles. The minimum Gasteiger partial charge on any atom is -0.464 e. The lowest BCUT2D eigenvalue weighted by Crippen LogP contribution is -2.37. The number of likely N-dealkylation sites (N-methyl/N-ethyl adjacent to an activating group) is 1. The van der Waals surface area contributed by atoms with Crippen molar-refractivity contribution in [1.82, 2.24) is 20.2 Å². The number of aromatic nitrogens is 2. The van der Waals surface area contributed by atoms with Gasteiger partial charge in [0.15, 0.2) is 0 Å². The standard InChI is InChI=1S/C20H20N4O3S2/c1-2-24(11-17(25)21-9-13-5-4-8-28-13)10-16-22-19(26)18-14(12-29-20(18)23-16)15-6-3-7-27-15/h3-8,12H,2,9-11H2,1H3,(H,21,25)(H,22,23,26). The number of carbonyl (C=O) groups is 1. The van der Waals surface area contributed by atoms with Gasteiger partial charge in [0.25, 0.3) is 5.56 Å². The van der Waals surface area contributed by atoms with Gasteiger partial charge in [0, 0.05) is 15.8 Å². The Bertz CT molecular complexity index is 1150. The molecule has 0 aliphatic carbocycles. The highest BCUT2D eigenvalue weighted by atomic mass is 32.1. The molecule has 0 aliphatic rings. The lowest BCUT2D eigenvalue weighted by molar-refractivity contribution is -0.122. The van der Waals surface area contributed by atoms with Crippen molar-refractivity contribution in [3.63, 3.8) is 0 Å². The van der Waals surface area contributed by atoms with E-state index >= 15 is 0 Å². The van der Waals surface area contributed by atoms with Crippen molar-refractivity contribution in [3.8, 4) is 11.3 Å².